The first-order valence-electron chi connectivity index (χ1n) is 11.0. The standard InChI is InChI=1S/C24H27N5O4S/c1-15-4-6-17(7-5-15)25-21(30)23-28-27-22(34-23)16-8-10-29(11-9-16)24(31)26-18-12-19(32-2)14-20(13-18)33-3/h4-7,12-14,16H,8-11H2,1-3H3,(H,25,30)(H,26,31). The number of rotatable bonds is 6. The van der Waals surface area contributed by atoms with Gasteiger partial charge in [0, 0.05) is 48.6 Å². The molecule has 1 aromatic heterocycles. The van der Waals surface area contributed by atoms with Crippen LogP contribution in [0.2, 0.25) is 0 Å². The van der Waals surface area contributed by atoms with Crippen LogP contribution in [0.4, 0.5) is 16.2 Å². The van der Waals surface area contributed by atoms with E-state index in [1.807, 2.05) is 31.2 Å². The molecule has 2 heterocycles. The number of carbonyl (C=O) groups is 2. The average molecular weight is 482 g/mol. The van der Waals surface area contributed by atoms with Crippen LogP contribution in [0.3, 0.4) is 0 Å². The van der Waals surface area contributed by atoms with Crippen LogP contribution in [0.1, 0.15) is 39.1 Å². The second-order valence-electron chi connectivity index (χ2n) is 8.06. The number of carbonyl (C=O) groups excluding carboxylic acids is 2. The molecule has 34 heavy (non-hydrogen) atoms. The van der Waals surface area contributed by atoms with Gasteiger partial charge in [0.15, 0.2) is 0 Å². The normalized spacial score (nSPS) is 13.9. The Morgan fingerprint density at radius 1 is 0.941 bits per heavy atom. The number of nitrogens with zero attached hydrogens (tertiary/aromatic N) is 3. The zero-order valence-electron chi connectivity index (χ0n) is 19.3. The van der Waals surface area contributed by atoms with Gasteiger partial charge in [0.25, 0.3) is 5.91 Å². The summed E-state index contributed by atoms with van der Waals surface area (Å²) in [5.74, 6) is 1.11. The van der Waals surface area contributed by atoms with Crippen molar-refractivity contribution in [3.05, 3.63) is 58.0 Å². The molecule has 0 spiro atoms. The average Bonchev–Trinajstić information content (AvgIpc) is 3.36. The number of ether oxygens (including phenoxy) is 2. The van der Waals surface area contributed by atoms with Crippen molar-refractivity contribution in [2.24, 2.45) is 0 Å². The summed E-state index contributed by atoms with van der Waals surface area (Å²) in [6, 6.07) is 12.7. The van der Waals surface area contributed by atoms with Gasteiger partial charge in [0.2, 0.25) is 5.01 Å². The molecule has 0 unspecified atom stereocenters. The van der Waals surface area contributed by atoms with E-state index in [-0.39, 0.29) is 17.9 Å². The van der Waals surface area contributed by atoms with Gasteiger partial charge in [-0.1, -0.05) is 29.0 Å². The fraction of sp³-hybridized carbons (Fsp3) is 0.333. The molecule has 1 aliphatic heterocycles. The van der Waals surface area contributed by atoms with Crippen LogP contribution in [-0.2, 0) is 0 Å². The Balaban J connectivity index is 1.31. The number of likely N-dealkylation sites (tertiary alicyclic amines) is 1. The highest BCUT2D eigenvalue weighted by atomic mass is 32.1. The number of aryl methyl sites for hydroxylation is 1. The molecular formula is C24H27N5O4S. The van der Waals surface area contributed by atoms with Gasteiger partial charge in [-0.3, -0.25) is 4.79 Å². The van der Waals surface area contributed by atoms with Crippen LogP contribution in [0.25, 0.3) is 0 Å². The Kier molecular flexibility index (Phi) is 7.27. The number of hydrogen-bond donors (Lipinski definition) is 2. The minimum Gasteiger partial charge on any atom is -0.497 e. The molecule has 3 amide bonds. The van der Waals surface area contributed by atoms with Crippen molar-refractivity contribution in [1.82, 2.24) is 15.1 Å². The number of piperidine rings is 1. The highest BCUT2D eigenvalue weighted by molar-refractivity contribution is 7.13. The van der Waals surface area contributed by atoms with Crippen LogP contribution < -0.4 is 20.1 Å². The van der Waals surface area contributed by atoms with Gasteiger partial charge < -0.3 is 25.0 Å². The lowest BCUT2D eigenvalue weighted by molar-refractivity contribution is 0.102. The van der Waals surface area contributed by atoms with Crippen molar-refractivity contribution < 1.29 is 19.1 Å². The first kappa shape index (κ1) is 23.5. The Morgan fingerprint density at radius 3 is 2.21 bits per heavy atom. The molecule has 1 aliphatic rings. The van der Waals surface area contributed by atoms with Gasteiger partial charge in [-0.2, -0.15) is 0 Å². The molecule has 0 atom stereocenters. The molecule has 3 aromatic rings. The summed E-state index contributed by atoms with van der Waals surface area (Å²) < 4.78 is 10.5. The molecule has 178 valence electrons. The largest absolute Gasteiger partial charge is 0.497 e. The molecule has 0 radical (unpaired) electrons. The van der Waals surface area contributed by atoms with E-state index in [1.54, 1.807) is 37.3 Å². The molecule has 10 heteroatoms. The molecule has 0 aliphatic carbocycles. The summed E-state index contributed by atoms with van der Waals surface area (Å²) in [5, 5.41) is 15.3. The van der Waals surface area contributed by atoms with Crippen LogP contribution in [0, 0.1) is 6.92 Å². The van der Waals surface area contributed by atoms with Crippen LogP contribution >= 0.6 is 11.3 Å². The number of aromatic nitrogens is 2. The minimum atomic E-state index is -0.266. The van der Waals surface area contributed by atoms with Gasteiger partial charge in [-0.15, -0.1) is 10.2 Å². The van der Waals surface area contributed by atoms with E-state index < -0.39 is 0 Å². The highest BCUT2D eigenvalue weighted by Gasteiger charge is 2.27. The van der Waals surface area contributed by atoms with E-state index in [0.29, 0.717) is 35.3 Å². The first-order chi connectivity index (χ1) is 16.4. The highest BCUT2D eigenvalue weighted by Crippen LogP contribution is 2.31. The Labute approximate surface area is 202 Å². The fourth-order valence-electron chi connectivity index (χ4n) is 3.72. The number of nitrogens with one attached hydrogen (secondary N) is 2. The van der Waals surface area contributed by atoms with Crippen molar-refractivity contribution in [2.45, 2.75) is 25.7 Å². The maximum absolute atomic E-state index is 12.8. The monoisotopic (exact) mass is 481 g/mol. The third kappa shape index (κ3) is 5.63. The number of hydrogen-bond acceptors (Lipinski definition) is 7. The maximum atomic E-state index is 12.8. The lowest BCUT2D eigenvalue weighted by Crippen LogP contribution is -2.40. The Hall–Kier alpha value is -3.66. The zero-order chi connectivity index (χ0) is 24.1. The topological polar surface area (TPSA) is 106 Å². The van der Waals surface area contributed by atoms with Crippen molar-refractivity contribution in [3.63, 3.8) is 0 Å². The van der Waals surface area contributed by atoms with E-state index >= 15 is 0 Å². The maximum Gasteiger partial charge on any atom is 0.321 e. The molecule has 9 nitrogen and oxygen atoms in total. The molecule has 1 saturated heterocycles. The van der Waals surface area contributed by atoms with Crippen molar-refractivity contribution >= 4 is 34.6 Å². The SMILES string of the molecule is COc1cc(NC(=O)N2CCC(c3nnc(C(=O)Nc4ccc(C)cc4)s3)CC2)cc(OC)c1. The van der Waals surface area contributed by atoms with Crippen molar-refractivity contribution in [2.75, 3.05) is 37.9 Å². The van der Waals surface area contributed by atoms with Gasteiger partial charge in [0.1, 0.15) is 16.5 Å². The lowest BCUT2D eigenvalue weighted by atomic mass is 9.98. The van der Waals surface area contributed by atoms with E-state index in [0.717, 1.165) is 29.1 Å². The molecule has 2 N–H and O–H groups in total. The first-order valence-corrected chi connectivity index (χ1v) is 11.8. The summed E-state index contributed by atoms with van der Waals surface area (Å²) in [7, 11) is 3.13. The van der Waals surface area contributed by atoms with Crippen LogP contribution in [0.5, 0.6) is 11.5 Å². The molecule has 0 bridgehead atoms. The number of urea groups is 1. The number of methoxy groups -OCH3 is 2. The predicted molar refractivity (Wildman–Crippen MR) is 131 cm³/mol. The molecule has 1 fully saturated rings. The number of amides is 3. The second kappa shape index (κ2) is 10.5. The molecule has 0 saturated carbocycles. The third-order valence-electron chi connectivity index (χ3n) is 5.68. The second-order valence-corrected chi connectivity index (χ2v) is 9.07. The quantitative estimate of drug-likeness (QED) is 0.536. The van der Waals surface area contributed by atoms with Crippen LogP contribution in [0.15, 0.2) is 42.5 Å². The van der Waals surface area contributed by atoms with Gasteiger partial charge in [-0.05, 0) is 31.9 Å². The summed E-state index contributed by atoms with van der Waals surface area (Å²) in [5.41, 5.74) is 2.46. The van der Waals surface area contributed by atoms with Gasteiger partial charge in [0.05, 0.1) is 14.2 Å². The van der Waals surface area contributed by atoms with E-state index in [2.05, 4.69) is 20.8 Å². The molecule has 2 aromatic carbocycles. The van der Waals surface area contributed by atoms with E-state index in [4.69, 9.17) is 9.47 Å². The molecular weight excluding hydrogens is 454 g/mol. The van der Waals surface area contributed by atoms with E-state index in [1.165, 1.54) is 11.3 Å². The minimum absolute atomic E-state index is 0.166. The van der Waals surface area contributed by atoms with Gasteiger partial charge in [-0.25, -0.2) is 4.79 Å². The number of benzene rings is 2. The van der Waals surface area contributed by atoms with Gasteiger partial charge >= 0.3 is 6.03 Å². The summed E-state index contributed by atoms with van der Waals surface area (Å²) in [4.78, 5) is 27.0. The fourth-order valence-corrected chi connectivity index (χ4v) is 4.63. The van der Waals surface area contributed by atoms with Crippen LogP contribution in [-0.4, -0.2) is 54.3 Å². The smallest absolute Gasteiger partial charge is 0.321 e. The zero-order valence-corrected chi connectivity index (χ0v) is 20.1. The summed E-state index contributed by atoms with van der Waals surface area (Å²) >= 11 is 1.31. The predicted octanol–water partition coefficient (Wildman–Crippen LogP) is 4.53. The summed E-state index contributed by atoms with van der Waals surface area (Å²) in [6.07, 6.45) is 1.51. The lowest BCUT2D eigenvalue weighted by Gasteiger charge is -2.31. The van der Waals surface area contributed by atoms with Crippen molar-refractivity contribution in [3.8, 4) is 11.5 Å². The number of anilines is 2. The van der Waals surface area contributed by atoms with E-state index in [9.17, 15) is 9.59 Å². The van der Waals surface area contributed by atoms with Crippen molar-refractivity contribution in [1.29, 1.82) is 0 Å². The third-order valence-corrected chi connectivity index (χ3v) is 6.76. The summed E-state index contributed by atoms with van der Waals surface area (Å²) in [6.45, 7) is 3.16. The Morgan fingerprint density at radius 2 is 1.59 bits per heavy atom. The molecule has 4 rings (SSSR count). The Bertz CT molecular complexity index is 1130.